The zero-order valence-corrected chi connectivity index (χ0v) is 11.1. The third-order valence-electron chi connectivity index (χ3n) is 2.22. The van der Waals surface area contributed by atoms with Crippen LogP contribution in [0.15, 0.2) is 41.8 Å². The molecule has 1 unspecified atom stereocenters. The van der Waals surface area contributed by atoms with Gasteiger partial charge in [-0.3, -0.25) is 15.0 Å². The van der Waals surface area contributed by atoms with Crippen molar-refractivity contribution < 1.29 is 18.2 Å². The van der Waals surface area contributed by atoms with Gasteiger partial charge in [0, 0.05) is 12.1 Å². The summed E-state index contributed by atoms with van der Waals surface area (Å²) >= 11 is 0. The van der Waals surface area contributed by atoms with Crippen LogP contribution in [0.25, 0.3) is 0 Å². The Hall–Kier alpha value is -1.77. The highest BCUT2D eigenvalue weighted by Gasteiger charge is 2.17. The van der Waals surface area contributed by atoms with E-state index in [1.807, 2.05) is 4.89 Å². The van der Waals surface area contributed by atoms with Gasteiger partial charge in [0.25, 0.3) is 15.7 Å². The molecule has 0 radical (unpaired) electrons. The Bertz CT molecular complexity index is 553. The number of hydrogen-bond acceptors (Lipinski definition) is 5. The van der Waals surface area contributed by atoms with Gasteiger partial charge < -0.3 is 0 Å². The molecule has 8 heteroatoms. The first-order valence-electron chi connectivity index (χ1n) is 5.39. The van der Waals surface area contributed by atoms with Crippen molar-refractivity contribution >= 4 is 15.7 Å². The molecule has 0 spiro atoms. The van der Waals surface area contributed by atoms with Crippen LogP contribution in [0.1, 0.15) is 13.3 Å². The molecular formula is C11H14N2O5S. The summed E-state index contributed by atoms with van der Waals surface area (Å²) in [4.78, 5) is 16.6. The molecule has 1 atom stereocenters. The minimum Gasteiger partial charge on any atom is -0.283 e. The molecule has 0 fully saturated rings. The highest BCUT2D eigenvalue weighted by atomic mass is 32.2. The second-order valence-electron chi connectivity index (χ2n) is 3.79. The number of hydrogen-bond donors (Lipinski definition) is 1. The Labute approximate surface area is 111 Å². The average molecular weight is 286 g/mol. The minimum atomic E-state index is -3.85. The van der Waals surface area contributed by atoms with Crippen LogP contribution >= 0.6 is 0 Å². The lowest BCUT2D eigenvalue weighted by Crippen LogP contribution is -2.28. The molecule has 1 aromatic carbocycles. The lowest BCUT2D eigenvalue weighted by atomic mass is 10.3. The fourth-order valence-electron chi connectivity index (χ4n) is 1.22. The van der Waals surface area contributed by atoms with Gasteiger partial charge in [-0.05, 0) is 25.5 Å². The van der Waals surface area contributed by atoms with E-state index in [4.69, 9.17) is 4.84 Å². The largest absolute Gasteiger partial charge is 0.283 e. The van der Waals surface area contributed by atoms with E-state index in [9.17, 15) is 18.5 Å². The van der Waals surface area contributed by atoms with Crippen molar-refractivity contribution in [2.45, 2.75) is 24.3 Å². The summed E-state index contributed by atoms with van der Waals surface area (Å²) in [5.41, 5.74) is -0.181. The summed E-state index contributed by atoms with van der Waals surface area (Å²) in [5.74, 6) is 0. The van der Waals surface area contributed by atoms with Gasteiger partial charge in [-0.1, -0.05) is 11.0 Å². The van der Waals surface area contributed by atoms with Crippen LogP contribution in [0.2, 0.25) is 0 Å². The second-order valence-corrected chi connectivity index (χ2v) is 5.44. The molecule has 0 aliphatic rings. The summed E-state index contributed by atoms with van der Waals surface area (Å²) < 4.78 is 23.6. The Balaban J connectivity index is 2.77. The van der Waals surface area contributed by atoms with E-state index in [2.05, 4.69) is 6.58 Å². The van der Waals surface area contributed by atoms with E-state index in [-0.39, 0.29) is 16.7 Å². The first-order valence-corrected chi connectivity index (χ1v) is 6.88. The lowest BCUT2D eigenvalue weighted by molar-refractivity contribution is -0.384. The van der Waals surface area contributed by atoms with Crippen LogP contribution in [0.3, 0.4) is 0 Å². The van der Waals surface area contributed by atoms with Crippen molar-refractivity contribution in [2.75, 3.05) is 0 Å². The second kappa shape index (κ2) is 6.41. The quantitative estimate of drug-likeness (QED) is 0.468. The number of rotatable bonds is 7. The number of sulfonamides is 1. The number of benzene rings is 1. The molecule has 0 saturated heterocycles. The number of nitrogens with one attached hydrogen (secondary N) is 1. The van der Waals surface area contributed by atoms with Gasteiger partial charge >= 0.3 is 0 Å². The molecule has 1 rings (SSSR count). The molecule has 1 aromatic rings. The van der Waals surface area contributed by atoms with Gasteiger partial charge in [-0.15, -0.1) is 6.58 Å². The molecule has 104 valence electrons. The summed E-state index contributed by atoms with van der Waals surface area (Å²) in [6, 6.07) is 4.51. The van der Waals surface area contributed by atoms with Crippen molar-refractivity contribution in [1.82, 2.24) is 4.89 Å². The normalized spacial score (nSPS) is 12.9. The van der Waals surface area contributed by atoms with E-state index in [0.717, 1.165) is 24.3 Å². The van der Waals surface area contributed by atoms with Crippen molar-refractivity contribution in [2.24, 2.45) is 0 Å². The zero-order chi connectivity index (χ0) is 14.5. The molecule has 0 saturated carbocycles. The first-order chi connectivity index (χ1) is 8.86. The van der Waals surface area contributed by atoms with E-state index < -0.39 is 14.9 Å². The molecule has 0 bridgehead atoms. The lowest BCUT2D eigenvalue weighted by Gasteiger charge is -2.11. The van der Waals surface area contributed by atoms with Crippen LogP contribution in [0.5, 0.6) is 0 Å². The summed E-state index contributed by atoms with van der Waals surface area (Å²) in [6.07, 6.45) is 1.73. The number of non-ortho nitro benzene ring substituents is 1. The molecule has 0 aliphatic heterocycles. The first kappa shape index (κ1) is 15.3. The third kappa shape index (κ3) is 4.43. The molecule has 0 aliphatic carbocycles. The van der Waals surface area contributed by atoms with Crippen LogP contribution in [-0.4, -0.2) is 19.4 Å². The maximum atomic E-state index is 11.8. The van der Waals surface area contributed by atoms with E-state index in [1.54, 1.807) is 13.0 Å². The predicted molar refractivity (Wildman–Crippen MR) is 68.8 cm³/mol. The van der Waals surface area contributed by atoms with Gasteiger partial charge in [0.2, 0.25) is 0 Å². The molecule has 19 heavy (non-hydrogen) atoms. The van der Waals surface area contributed by atoms with E-state index in [1.165, 1.54) is 0 Å². The van der Waals surface area contributed by atoms with E-state index >= 15 is 0 Å². The van der Waals surface area contributed by atoms with Crippen LogP contribution in [0, 0.1) is 10.1 Å². The Morgan fingerprint density at radius 2 is 2.05 bits per heavy atom. The summed E-state index contributed by atoms with van der Waals surface area (Å²) in [6.45, 7) is 5.19. The predicted octanol–water partition coefficient (Wildman–Crippen LogP) is 1.77. The van der Waals surface area contributed by atoms with Gasteiger partial charge in [-0.25, -0.2) is 8.42 Å². The van der Waals surface area contributed by atoms with E-state index in [0.29, 0.717) is 6.42 Å². The monoisotopic (exact) mass is 286 g/mol. The number of nitro benzene ring substituents is 1. The van der Waals surface area contributed by atoms with Gasteiger partial charge in [0.1, 0.15) is 0 Å². The topological polar surface area (TPSA) is 98.5 Å². The fourth-order valence-corrected chi connectivity index (χ4v) is 2.10. The van der Waals surface area contributed by atoms with Gasteiger partial charge in [-0.2, -0.15) is 0 Å². The summed E-state index contributed by atoms with van der Waals surface area (Å²) in [5, 5.41) is 10.5. The zero-order valence-electron chi connectivity index (χ0n) is 10.3. The van der Waals surface area contributed by atoms with Crippen LogP contribution < -0.4 is 4.89 Å². The third-order valence-corrected chi connectivity index (χ3v) is 3.42. The average Bonchev–Trinajstić information content (AvgIpc) is 2.37. The minimum absolute atomic E-state index is 0.107. The highest BCUT2D eigenvalue weighted by Crippen LogP contribution is 2.15. The van der Waals surface area contributed by atoms with Crippen molar-refractivity contribution in [3.8, 4) is 0 Å². The molecule has 1 N–H and O–H groups in total. The maximum Gasteiger partial charge on any atom is 0.269 e. The SMILES string of the molecule is C=CCC(C)ONS(=O)(=O)c1ccc([N+](=O)[O-])cc1. The smallest absolute Gasteiger partial charge is 0.269 e. The van der Waals surface area contributed by atoms with Crippen molar-refractivity contribution in [1.29, 1.82) is 0 Å². The Kier molecular flexibility index (Phi) is 5.16. The highest BCUT2D eigenvalue weighted by molar-refractivity contribution is 7.89. The van der Waals surface area contributed by atoms with Crippen LogP contribution in [-0.2, 0) is 14.9 Å². The molecule has 0 amide bonds. The van der Waals surface area contributed by atoms with Crippen molar-refractivity contribution in [3.05, 3.63) is 47.0 Å². The van der Waals surface area contributed by atoms with Crippen LogP contribution in [0.4, 0.5) is 5.69 Å². The number of nitrogens with zero attached hydrogens (tertiary/aromatic N) is 1. The Morgan fingerprint density at radius 1 is 1.47 bits per heavy atom. The fraction of sp³-hybridized carbons (Fsp3) is 0.273. The maximum absolute atomic E-state index is 11.8. The Morgan fingerprint density at radius 3 is 2.53 bits per heavy atom. The molecule has 0 heterocycles. The molecular weight excluding hydrogens is 272 g/mol. The molecule has 7 nitrogen and oxygen atoms in total. The summed E-state index contributed by atoms with van der Waals surface area (Å²) in [7, 11) is -3.85. The van der Waals surface area contributed by atoms with Gasteiger partial charge in [0.15, 0.2) is 0 Å². The van der Waals surface area contributed by atoms with Gasteiger partial charge in [0.05, 0.1) is 15.9 Å². The number of nitro groups is 1. The van der Waals surface area contributed by atoms with Crippen molar-refractivity contribution in [3.63, 3.8) is 0 Å². The standard InChI is InChI=1S/C11H14N2O5S/c1-3-4-9(2)18-12-19(16,17)11-7-5-10(6-8-11)13(14)15/h3,5-9,12H,1,4H2,2H3. The molecule has 0 aromatic heterocycles.